The predicted octanol–water partition coefficient (Wildman–Crippen LogP) is 3.68. The second-order valence-electron chi connectivity index (χ2n) is 4.69. The number of nitrogens with one attached hydrogen (secondary N) is 1. The molecule has 1 unspecified atom stereocenters. The van der Waals surface area contributed by atoms with Crippen molar-refractivity contribution in [1.82, 2.24) is 0 Å². The molecule has 0 aliphatic heterocycles. The Labute approximate surface area is 121 Å². The number of amides is 1. The van der Waals surface area contributed by atoms with Crippen molar-refractivity contribution in [3.8, 4) is 0 Å². The first-order valence-corrected chi connectivity index (χ1v) is 6.63. The minimum atomic E-state index is -1.15. The molecule has 1 amide bonds. The Morgan fingerprint density at radius 3 is 2.48 bits per heavy atom. The Bertz CT molecular complexity index is 644. The van der Waals surface area contributed by atoms with E-state index in [2.05, 4.69) is 5.32 Å². The highest BCUT2D eigenvalue weighted by molar-refractivity contribution is 5.98. The summed E-state index contributed by atoms with van der Waals surface area (Å²) in [6.45, 7) is 1.85. The van der Waals surface area contributed by atoms with Crippen LogP contribution >= 0.6 is 0 Å². The van der Waals surface area contributed by atoms with Crippen molar-refractivity contribution in [2.24, 2.45) is 0 Å². The van der Waals surface area contributed by atoms with Gasteiger partial charge in [0.05, 0.1) is 11.6 Å². The van der Waals surface area contributed by atoms with Gasteiger partial charge in [0.2, 0.25) is 5.91 Å². The number of carbonyl (C=O) groups is 1. The number of halogens is 2. The number of hydrogen-bond acceptors (Lipinski definition) is 2. The molecule has 0 aliphatic carbocycles. The third-order valence-electron chi connectivity index (χ3n) is 3.30. The quantitative estimate of drug-likeness (QED) is 0.844. The molecule has 0 aromatic heterocycles. The van der Waals surface area contributed by atoms with E-state index in [4.69, 9.17) is 5.73 Å². The standard InChI is InChI=1S/C16H16F2N2O/c1-2-11(10-6-4-3-5-7-10)16(21)20-15-13(19)9-8-12(17)14(15)18/h3-9,11H,2,19H2,1H3,(H,20,21). The lowest BCUT2D eigenvalue weighted by Crippen LogP contribution is -2.22. The number of hydrogen-bond donors (Lipinski definition) is 2. The van der Waals surface area contributed by atoms with Crippen LogP contribution in [0, 0.1) is 11.6 Å². The van der Waals surface area contributed by atoms with Crippen LogP contribution in [0.1, 0.15) is 24.8 Å². The van der Waals surface area contributed by atoms with Crippen molar-refractivity contribution >= 4 is 17.3 Å². The van der Waals surface area contributed by atoms with Crippen LogP contribution in [0.3, 0.4) is 0 Å². The molecule has 0 aliphatic rings. The highest BCUT2D eigenvalue weighted by atomic mass is 19.2. The SMILES string of the molecule is CCC(C(=O)Nc1c(N)ccc(F)c1F)c1ccccc1. The second-order valence-corrected chi connectivity index (χ2v) is 4.69. The first-order chi connectivity index (χ1) is 10.0. The normalized spacial score (nSPS) is 12.0. The number of anilines is 2. The number of nitrogen functional groups attached to an aromatic ring is 1. The Morgan fingerprint density at radius 2 is 1.86 bits per heavy atom. The Kier molecular flexibility index (Phi) is 4.52. The molecule has 5 heteroatoms. The van der Waals surface area contributed by atoms with Crippen molar-refractivity contribution < 1.29 is 13.6 Å². The molecule has 2 aromatic carbocycles. The maximum Gasteiger partial charge on any atom is 0.232 e. The van der Waals surface area contributed by atoms with Crippen molar-refractivity contribution in [2.75, 3.05) is 11.1 Å². The fraction of sp³-hybridized carbons (Fsp3) is 0.188. The zero-order chi connectivity index (χ0) is 15.4. The molecule has 2 aromatic rings. The molecular formula is C16H16F2N2O. The highest BCUT2D eigenvalue weighted by Gasteiger charge is 2.21. The monoisotopic (exact) mass is 290 g/mol. The first-order valence-electron chi connectivity index (χ1n) is 6.63. The predicted molar refractivity (Wildman–Crippen MR) is 78.9 cm³/mol. The van der Waals surface area contributed by atoms with Crippen LogP contribution in [0.2, 0.25) is 0 Å². The Balaban J connectivity index is 2.27. The zero-order valence-electron chi connectivity index (χ0n) is 11.6. The molecule has 21 heavy (non-hydrogen) atoms. The molecule has 0 heterocycles. The minimum absolute atomic E-state index is 0.00911. The fourth-order valence-electron chi connectivity index (χ4n) is 2.16. The van der Waals surface area contributed by atoms with E-state index in [1.165, 1.54) is 6.07 Å². The van der Waals surface area contributed by atoms with Crippen LogP contribution in [0.5, 0.6) is 0 Å². The van der Waals surface area contributed by atoms with Gasteiger partial charge in [-0.3, -0.25) is 4.79 Å². The van der Waals surface area contributed by atoms with Gasteiger partial charge in [-0.2, -0.15) is 0 Å². The fourth-order valence-corrected chi connectivity index (χ4v) is 2.16. The summed E-state index contributed by atoms with van der Waals surface area (Å²) in [5.41, 5.74) is 6.09. The molecule has 0 radical (unpaired) electrons. The van der Waals surface area contributed by atoms with E-state index in [0.717, 1.165) is 11.6 Å². The van der Waals surface area contributed by atoms with Crippen LogP contribution in [0.25, 0.3) is 0 Å². The average Bonchev–Trinajstić information content (AvgIpc) is 2.49. The minimum Gasteiger partial charge on any atom is -0.397 e. The van der Waals surface area contributed by atoms with Crippen LogP contribution in [-0.2, 0) is 4.79 Å². The second kappa shape index (κ2) is 6.35. The van der Waals surface area contributed by atoms with E-state index in [1.54, 1.807) is 0 Å². The molecule has 3 nitrogen and oxygen atoms in total. The summed E-state index contributed by atoms with van der Waals surface area (Å²) in [5.74, 6) is -3.06. The largest absolute Gasteiger partial charge is 0.397 e. The van der Waals surface area contributed by atoms with E-state index < -0.39 is 23.5 Å². The summed E-state index contributed by atoms with van der Waals surface area (Å²) in [6.07, 6.45) is 0.534. The van der Waals surface area contributed by atoms with Crippen LogP contribution in [0.4, 0.5) is 20.2 Å². The maximum absolute atomic E-state index is 13.7. The lowest BCUT2D eigenvalue weighted by atomic mass is 9.95. The van der Waals surface area contributed by atoms with Crippen molar-refractivity contribution in [2.45, 2.75) is 19.3 Å². The van der Waals surface area contributed by atoms with Crippen LogP contribution in [0.15, 0.2) is 42.5 Å². The van der Waals surface area contributed by atoms with Crippen LogP contribution in [-0.4, -0.2) is 5.91 Å². The topological polar surface area (TPSA) is 55.1 Å². The number of benzene rings is 2. The zero-order valence-corrected chi connectivity index (χ0v) is 11.6. The van der Waals surface area contributed by atoms with Gasteiger partial charge < -0.3 is 11.1 Å². The molecule has 0 bridgehead atoms. The van der Waals surface area contributed by atoms with Crippen molar-refractivity contribution in [3.05, 3.63) is 59.7 Å². The molecular weight excluding hydrogens is 274 g/mol. The van der Waals surface area contributed by atoms with Crippen LogP contribution < -0.4 is 11.1 Å². The maximum atomic E-state index is 13.7. The van der Waals surface area contributed by atoms with E-state index in [9.17, 15) is 13.6 Å². The lowest BCUT2D eigenvalue weighted by Gasteiger charge is -2.17. The van der Waals surface area contributed by atoms with Gasteiger partial charge in [0.1, 0.15) is 5.69 Å². The van der Waals surface area contributed by atoms with Gasteiger partial charge in [0.25, 0.3) is 0 Å². The van der Waals surface area contributed by atoms with Gasteiger partial charge in [-0.25, -0.2) is 8.78 Å². The van der Waals surface area contributed by atoms with Gasteiger partial charge in [-0.05, 0) is 24.1 Å². The Morgan fingerprint density at radius 1 is 1.19 bits per heavy atom. The first kappa shape index (κ1) is 15.0. The van der Waals surface area contributed by atoms with Gasteiger partial charge in [0, 0.05) is 0 Å². The summed E-state index contributed by atoms with van der Waals surface area (Å²) in [4.78, 5) is 12.3. The van der Waals surface area contributed by atoms with Gasteiger partial charge in [0.15, 0.2) is 11.6 Å². The molecule has 0 saturated carbocycles. The average molecular weight is 290 g/mol. The molecule has 2 rings (SSSR count). The van der Waals surface area contributed by atoms with Crippen molar-refractivity contribution in [1.29, 1.82) is 0 Å². The van der Waals surface area contributed by atoms with E-state index >= 15 is 0 Å². The Hall–Kier alpha value is -2.43. The molecule has 0 spiro atoms. The van der Waals surface area contributed by atoms with E-state index in [1.807, 2.05) is 37.3 Å². The molecule has 3 N–H and O–H groups in total. The van der Waals surface area contributed by atoms with Gasteiger partial charge in [-0.1, -0.05) is 37.3 Å². The van der Waals surface area contributed by atoms with Gasteiger partial charge in [-0.15, -0.1) is 0 Å². The summed E-state index contributed by atoms with van der Waals surface area (Å²) in [5, 5.41) is 2.39. The van der Waals surface area contributed by atoms with E-state index in [-0.39, 0.29) is 11.4 Å². The molecule has 0 fully saturated rings. The summed E-state index contributed by atoms with van der Waals surface area (Å²) in [6, 6.07) is 11.3. The number of rotatable bonds is 4. The summed E-state index contributed by atoms with van der Waals surface area (Å²) < 4.78 is 27.0. The smallest absolute Gasteiger partial charge is 0.232 e. The third kappa shape index (κ3) is 3.18. The molecule has 1 atom stereocenters. The molecule has 0 saturated heterocycles. The molecule has 110 valence electrons. The number of carbonyl (C=O) groups excluding carboxylic acids is 1. The number of nitrogens with two attached hydrogens (primary N) is 1. The van der Waals surface area contributed by atoms with Gasteiger partial charge >= 0.3 is 0 Å². The summed E-state index contributed by atoms with van der Waals surface area (Å²) >= 11 is 0. The summed E-state index contributed by atoms with van der Waals surface area (Å²) in [7, 11) is 0. The van der Waals surface area contributed by atoms with E-state index in [0.29, 0.717) is 6.42 Å². The van der Waals surface area contributed by atoms with Crippen molar-refractivity contribution in [3.63, 3.8) is 0 Å². The lowest BCUT2D eigenvalue weighted by molar-refractivity contribution is -0.117. The highest BCUT2D eigenvalue weighted by Crippen LogP contribution is 2.27. The third-order valence-corrected chi connectivity index (χ3v) is 3.30.